The normalized spacial score (nSPS) is 10.8. The highest BCUT2D eigenvalue weighted by Gasteiger charge is 2.13. The quantitative estimate of drug-likeness (QED) is 0.203. The second-order valence-electron chi connectivity index (χ2n) is 7.18. The average molecular weight is 606 g/mol. The monoisotopic (exact) mass is 604 g/mol. The summed E-state index contributed by atoms with van der Waals surface area (Å²) in [6.45, 7) is 5.08. The van der Waals surface area contributed by atoms with Crippen molar-refractivity contribution in [3.8, 4) is 23.0 Å². The van der Waals surface area contributed by atoms with Crippen molar-refractivity contribution < 1.29 is 23.7 Å². The standard InChI is InChI=1S/C26H26Br2N2O5/c1-4-33-23-14-19(8-11-22(23)32-3)26(31)30-29-15-18-12-21(28)25(24(13-18)34-5-2)35-16-17-6-9-20(27)10-7-17/h6-15H,4-5,16H2,1-3H3,(H,30,31)/b29-15+. The summed E-state index contributed by atoms with van der Waals surface area (Å²) in [5.41, 5.74) is 4.69. The molecule has 35 heavy (non-hydrogen) atoms. The Kier molecular flexibility index (Phi) is 9.98. The summed E-state index contributed by atoms with van der Waals surface area (Å²) in [6, 6.07) is 16.5. The maximum Gasteiger partial charge on any atom is 0.271 e. The largest absolute Gasteiger partial charge is 0.493 e. The maximum absolute atomic E-state index is 12.5. The van der Waals surface area contributed by atoms with Crippen LogP contribution in [0.25, 0.3) is 0 Å². The third kappa shape index (κ3) is 7.47. The highest BCUT2D eigenvalue weighted by atomic mass is 79.9. The van der Waals surface area contributed by atoms with Crippen molar-refractivity contribution >= 4 is 44.0 Å². The van der Waals surface area contributed by atoms with Gasteiger partial charge in [0.1, 0.15) is 6.61 Å². The molecule has 0 spiro atoms. The van der Waals surface area contributed by atoms with Gasteiger partial charge in [-0.3, -0.25) is 4.79 Å². The summed E-state index contributed by atoms with van der Waals surface area (Å²) in [6.07, 6.45) is 1.54. The van der Waals surface area contributed by atoms with E-state index in [4.69, 9.17) is 18.9 Å². The molecule has 0 unspecified atom stereocenters. The molecular formula is C26H26Br2N2O5. The fraction of sp³-hybridized carbons (Fsp3) is 0.231. The van der Waals surface area contributed by atoms with Gasteiger partial charge >= 0.3 is 0 Å². The Hall–Kier alpha value is -3.04. The van der Waals surface area contributed by atoms with E-state index in [1.165, 1.54) is 6.21 Å². The summed E-state index contributed by atoms with van der Waals surface area (Å²) in [5.74, 6) is 1.85. The molecule has 0 heterocycles. The van der Waals surface area contributed by atoms with Crippen molar-refractivity contribution in [2.24, 2.45) is 5.10 Å². The first-order valence-electron chi connectivity index (χ1n) is 10.9. The van der Waals surface area contributed by atoms with Gasteiger partial charge in [0.25, 0.3) is 5.91 Å². The van der Waals surface area contributed by atoms with Gasteiger partial charge in [0.05, 0.1) is 31.0 Å². The molecule has 0 atom stereocenters. The van der Waals surface area contributed by atoms with Crippen LogP contribution in [0, 0.1) is 0 Å². The van der Waals surface area contributed by atoms with Gasteiger partial charge in [0.15, 0.2) is 23.0 Å². The average Bonchev–Trinajstić information content (AvgIpc) is 2.85. The second kappa shape index (κ2) is 13.2. The zero-order valence-electron chi connectivity index (χ0n) is 19.6. The van der Waals surface area contributed by atoms with Gasteiger partial charge in [-0.15, -0.1) is 0 Å². The van der Waals surface area contributed by atoms with Crippen molar-refractivity contribution in [3.05, 3.63) is 80.2 Å². The van der Waals surface area contributed by atoms with Crippen LogP contribution in [0.5, 0.6) is 23.0 Å². The minimum atomic E-state index is -0.372. The molecule has 0 aliphatic rings. The number of carbonyl (C=O) groups excluding carboxylic acids is 1. The van der Waals surface area contributed by atoms with Gasteiger partial charge in [-0.1, -0.05) is 28.1 Å². The van der Waals surface area contributed by atoms with Crippen LogP contribution in [0.15, 0.2) is 68.6 Å². The molecule has 0 radical (unpaired) electrons. The predicted octanol–water partition coefficient (Wildman–Crippen LogP) is 6.36. The zero-order valence-corrected chi connectivity index (χ0v) is 22.8. The molecule has 1 amide bonds. The minimum absolute atomic E-state index is 0.372. The molecule has 9 heteroatoms. The first-order chi connectivity index (χ1) is 16.9. The molecule has 0 aromatic heterocycles. The summed E-state index contributed by atoms with van der Waals surface area (Å²) in [5, 5.41) is 4.09. The van der Waals surface area contributed by atoms with Gasteiger partial charge in [-0.2, -0.15) is 5.10 Å². The van der Waals surface area contributed by atoms with Gasteiger partial charge < -0.3 is 18.9 Å². The fourth-order valence-corrected chi connectivity index (χ4v) is 3.96. The van der Waals surface area contributed by atoms with Crippen molar-refractivity contribution in [1.29, 1.82) is 0 Å². The van der Waals surface area contributed by atoms with E-state index in [0.717, 1.165) is 15.6 Å². The smallest absolute Gasteiger partial charge is 0.271 e. The number of hydrogen-bond donors (Lipinski definition) is 1. The lowest BCUT2D eigenvalue weighted by atomic mass is 10.2. The Bertz CT molecular complexity index is 1180. The first-order valence-corrected chi connectivity index (χ1v) is 12.5. The summed E-state index contributed by atoms with van der Waals surface area (Å²) < 4.78 is 24.3. The number of halogens is 2. The Morgan fingerprint density at radius 3 is 2.31 bits per heavy atom. The van der Waals surface area contributed by atoms with Crippen LogP contribution in [-0.4, -0.2) is 32.4 Å². The number of hydrazone groups is 1. The molecular weight excluding hydrogens is 580 g/mol. The number of nitrogens with one attached hydrogen (secondary N) is 1. The van der Waals surface area contributed by atoms with E-state index in [1.807, 2.05) is 44.2 Å². The molecule has 184 valence electrons. The Morgan fingerprint density at radius 1 is 0.914 bits per heavy atom. The third-order valence-corrected chi connectivity index (χ3v) is 5.85. The highest BCUT2D eigenvalue weighted by molar-refractivity contribution is 9.10. The number of methoxy groups -OCH3 is 1. The molecule has 1 N–H and O–H groups in total. The van der Waals surface area contributed by atoms with Gasteiger partial charge in [-0.25, -0.2) is 5.43 Å². The van der Waals surface area contributed by atoms with E-state index in [0.29, 0.717) is 52.9 Å². The van der Waals surface area contributed by atoms with Crippen LogP contribution < -0.4 is 24.4 Å². The number of nitrogens with zero attached hydrogens (tertiary/aromatic N) is 1. The van der Waals surface area contributed by atoms with Crippen molar-refractivity contribution in [1.82, 2.24) is 5.43 Å². The van der Waals surface area contributed by atoms with Gasteiger partial charge in [0, 0.05) is 10.0 Å². The van der Waals surface area contributed by atoms with Crippen molar-refractivity contribution in [3.63, 3.8) is 0 Å². The fourth-order valence-electron chi connectivity index (χ4n) is 3.12. The lowest BCUT2D eigenvalue weighted by Crippen LogP contribution is -2.17. The Labute approximate surface area is 221 Å². The zero-order chi connectivity index (χ0) is 25.2. The molecule has 3 aromatic rings. The van der Waals surface area contributed by atoms with E-state index < -0.39 is 0 Å². The molecule has 7 nitrogen and oxygen atoms in total. The number of rotatable bonds is 11. The molecule has 0 bridgehead atoms. The Morgan fingerprint density at radius 2 is 1.63 bits per heavy atom. The van der Waals surface area contributed by atoms with E-state index in [-0.39, 0.29) is 5.91 Å². The van der Waals surface area contributed by atoms with Crippen LogP contribution in [0.1, 0.15) is 35.3 Å². The molecule has 0 fully saturated rings. The molecule has 0 saturated heterocycles. The van der Waals surface area contributed by atoms with Crippen LogP contribution >= 0.6 is 31.9 Å². The van der Waals surface area contributed by atoms with Gasteiger partial charge in [0.2, 0.25) is 0 Å². The third-order valence-electron chi connectivity index (χ3n) is 4.73. The van der Waals surface area contributed by atoms with Crippen LogP contribution in [0.2, 0.25) is 0 Å². The Balaban J connectivity index is 1.71. The van der Waals surface area contributed by atoms with Crippen LogP contribution in [-0.2, 0) is 6.61 Å². The molecule has 0 aliphatic carbocycles. The van der Waals surface area contributed by atoms with Crippen molar-refractivity contribution in [2.75, 3.05) is 20.3 Å². The van der Waals surface area contributed by atoms with Crippen LogP contribution in [0.4, 0.5) is 0 Å². The second-order valence-corrected chi connectivity index (χ2v) is 8.95. The molecule has 3 rings (SSSR count). The van der Waals surface area contributed by atoms with E-state index in [2.05, 4.69) is 42.4 Å². The minimum Gasteiger partial charge on any atom is -0.493 e. The summed E-state index contributed by atoms with van der Waals surface area (Å²) >= 11 is 6.99. The molecule has 3 aromatic carbocycles. The summed E-state index contributed by atoms with van der Waals surface area (Å²) in [7, 11) is 1.55. The van der Waals surface area contributed by atoms with Crippen LogP contribution in [0.3, 0.4) is 0 Å². The van der Waals surface area contributed by atoms with Gasteiger partial charge in [-0.05, 0) is 83.4 Å². The SMILES string of the molecule is CCOc1cc(C(=O)N/N=C/c2cc(Br)c(OCc3ccc(Br)cc3)c(OCC)c2)ccc1OC. The number of carbonyl (C=O) groups is 1. The number of benzene rings is 3. The lowest BCUT2D eigenvalue weighted by molar-refractivity contribution is 0.0954. The van der Waals surface area contributed by atoms with Crippen molar-refractivity contribution in [2.45, 2.75) is 20.5 Å². The number of hydrogen-bond acceptors (Lipinski definition) is 6. The van der Waals surface area contributed by atoms with E-state index in [9.17, 15) is 4.79 Å². The summed E-state index contributed by atoms with van der Waals surface area (Å²) in [4.78, 5) is 12.5. The first kappa shape index (κ1) is 26.6. The van der Waals surface area contributed by atoms with E-state index in [1.54, 1.807) is 31.4 Å². The van der Waals surface area contributed by atoms with E-state index >= 15 is 0 Å². The predicted molar refractivity (Wildman–Crippen MR) is 143 cm³/mol. The topological polar surface area (TPSA) is 78.4 Å². The number of ether oxygens (including phenoxy) is 4. The molecule has 0 aliphatic heterocycles. The lowest BCUT2D eigenvalue weighted by Gasteiger charge is -2.15. The maximum atomic E-state index is 12.5. The number of amides is 1. The highest BCUT2D eigenvalue weighted by Crippen LogP contribution is 2.37. The molecule has 0 saturated carbocycles.